The summed E-state index contributed by atoms with van der Waals surface area (Å²) in [5, 5.41) is 12.8. The zero-order valence-electron chi connectivity index (χ0n) is 10.4. The maximum absolute atomic E-state index is 9.45. The van der Waals surface area contributed by atoms with Gasteiger partial charge in [-0.05, 0) is 31.2 Å². The maximum atomic E-state index is 9.45. The molecule has 2 atom stereocenters. The first-order valence-corrected chi connectivity index (χ1v) is 6.07. The minimum absolute atomic E-state index is 0.107. The predicted octanol–water partition coefficient (Wildman–Crippen LogP) is 1.12. The fourth-order valence-corrected chi connectivity index (χ4v) is 2.15. The second-order valence-corrected chi connectivity index (χ2v) is 4.85. The van der Waals surface area contributed by atoms with Crippen molar-refractivity contribution in [1.29, 1.82) is 0 Å². The Labute approximate surface area is 102 Å². The Morgan fingerprint density at radius 2 is 2.29 bits per heavy atom. The molecule has 1 aliphatic rings. The lowest BCUT2D eigenvalue weighted by molar-refractivity contribution is 0.178. The first kappa shape index (κ1) is 12.1. The number of hydrogen-bond donors (Lipinski definition) is 2. The van der Waals surface area contributed by atoms with E-state index in [0.29, 0.717) is 11.9 Å². The quantitative estimate of drug-likeness (QED) is 0.820. The monoisotopic (exact) mass is 236 g/mol. The Kier molecular flexibility index (Phi) is 3.78. The Balaban J connectivity index is 1.88. The third-order valence-electron chi connectivity index (χ3n) is 3.13. The molecule has 1 aromatic heterocycles. The molecular formula is C12H20N4O. The van der Waals surface area contributed by atoms with Crippen molar-refractivity contribution < 1.29 is 5.11 Å². The predicted molar refractivity (Wildman–Crippen MR) is 68.2 cm³/mol. The molecule has 1 aliphatic carbocycles. The van der Waals surface area contributed by atoms with Crippen LogP contribution in [0.15, 0.2) is 12.3 Å². The number of hydrogen-bond acceptors (Lipinski definition) is 5. The minimum atomic E-state index is -0.107. The number of nitrogens with zero attached hydrogens (tertiary/aromatic N) is 3. The molecule has 2 rings (SSSR count). The minimum Gasteiger partial charge on any atom is -0.393 e. The van der Waals surface area contributed by atoms with Crippen molar-refractivity contribution in [1.82, 2.24) is 9.97 Å². The standard InChI is InChI=1S/C12H20N4O/c1-16(2)12-13-6-5-11(15-12)14-8-9-3-4-10(17)7-9/h5-6,9-10,17H,3-4,7-8H2,1-2H3,(H,13,14,15). The zero-order valence-corrected chi connectivity index (χ0v) is 10.4. The van der Waals surface area contributed by atoms with Crippen LogP contribution in [0.25, 0.3) is 0 Å². The number of anilines is 2. The normalized spacial score (nSPS) is 23.7. The van der Waals surface area contributed by atoms with E-state index < -0.39 is 0 Å². The van der Waals surface area contributed by atoms with Gasteiger partial charge in [0.1, 0.15) is 5.82 Å². The third-order valence-corrected chi connectivity index (χ3v) is 3.13. The molecule has 0 saturated heterocycles. The molecule has 5 nitrogen and oxygen atoms in total. The number of nitrogens with one attached hydrogen (secondary N) is 1. The van der Waals surface area contributed by atoms with Crippen LogP contribution in [0.2, 0.25) is 0 Å². The molecule has 0 aromatic carbocycles. The molecule has 1 heterocycles. The Bertz CT molecular complexity index is 369. The molecule has 2 N–H and O–H groups in total. The highest BCUT2D eigenvalue weighted by Gasteiger charge is 2.22. The molecule has 0 aliphatic heterocycles. The molecule has 1 fully saturated rings. The summed E-state index contributed by atoms with van der Waals surface area (Å²) in [5.41, 5.74) is 0. The summed E-state index contributed by atoms with van der Waals surface area (Å²) < 4.78 is 0. The molecule has 0 spiro atoms. The molecule has 1 aromatic rings. The number of aromatic nitrogens is 2. The molecule has 94 valence electrons. The first-order valence-electron chi connectivity index (χ1n) is 6.07. The number of rotatable bonds is 4. The number of aliphatic hydroxyl groups excluding tert-OH is 1. The highest BCUT2D eigenvalue weighted by molar-refractivity contribution is 5.40. The van der Waals surface area contributed by atoms with Crippen molar-refractivity contribution in [3.05, 3.63) is 12.3 Å². The van der Waals surface area contributed by atoms with E-state index in [1.54, 1.807) is 6.20 Å². The van der Waals surface area contributed by atoms with Gasteiger partial charge in [-0.2, -0.15) is 4.98 Å². The van der Waals surface area contributed by atoms with E-state index in [1.807, 2.05) is 25.1 Å². The van der Waals surface area contributed by atoms with Gasteiger partial charge in [0.2, 0.25) is 5.95 Å². The Hall–Kier alpha value is -1.36. The van der Waals surface area contributed by atoms with Gasteiger partial charge in [-0.3, -0.25) is 0 Å². The second kappa shape index (κ2) is 5.31. The van der Waals surface area contributed by atoms with Gasteiger partial charge < -0.3 is 15.3 Å². The van der Waals surface area contributed by atoms with Crippen LogP contribution in [0.4, 0.5) is 11.8 Å². The lowest BCUT2D eigenvalue weighted by atomic mass is 10.1. The van der Waals surface area contributed by atoms with E-state index in [1.165, 1.54) is 0 Å². The fraction of sp³-hybridized carbons (Fsp3) is 0.667. The summed E-state index contributed by atoms with van der Waals surface area (Å²) in [6, 6.07) is 1.87. The Morgan fingerprint density at radius 3 is 2.94 bits per heavy atom. The largest absolute Gasteiger partial charge is 0.393 e. The summed E-state index contributed by atoms with van der Waals surface area (Å²) >= 11 is 0. The molecule has 5 heteroatoms. The summed E-state index contributed by atoms with van der Waals surface area (Å²) in [6.07, 6.45) is 4.58. The number of aliphatic hydroxyl groups is 1. The van der Waals surface area contributed by atoms with E-state index in [0.717, 1.165) is 31.6 Å². The van der Waals surface area contributed by atoms with Crippen LogP contribution in [0.3, 0.4) is 0 Å². The molecule has 1 saturated carbocycles. The van der Waals surface area contributed by atoms with E-state index in [-0.39, 0.29) is 6.10 Å². The average Bonchev–Trinajstić information content (AvgIpc) is 2.73. The first-order chi connectivity index (χ1) is 8.15. The van der Waals surface area contributed by atoms with E-state index in [4.69, 9.17) is 0 Å². The summed E-state index contributed by atoms with van der Waals surface area (Å²) in [4.78, 5) is 10.4. The van der Waals surface area contributed by atoms with E-state index >= 15 is 0 Å². The molecule has 0 bridgehead atoms. The zero-order chi connectivity index (χ0) is 12.3. The molecule has 0 radical (unpaired) electrons. The van der Waals surface area contributed by atoms with Crippen LogP contribution in [0.1, 0.15) is 19.3 Å². The van der Waals surface area contributed by atoms with Gasteiger partial charge in [0.25, 0.3) is 0 Å². The third kappa shape index (κ3) is 3.30. The lowest BCUT2D eigenvalue weighted by Gasteiger charge is -2.14. The van der Waals surface area contributed by atoms with Gasteiger partial charge in [-0.15, -0.1) is 0 Å². The average molecular weight is 236 g/mol. The van der Waals surface area contributed by atoms with Crippen molar-refractivity contribution in [2.24, 2.45) is 5.92 Å². The van der Waals surface area contributed by atoms with Gasteiger partial charge in [0.05, 0.1) is 6.10 Å². The molecule has 0 amide bonds. The lowest BCUT2D eigenvalue weighted by Crippen LogP contribution is -2.16. The van der Waals surface area contributed by atoms with Crippen LogP contribution < -0.4 is 10.2 Å². The van der Waals surface area contributed by atoms with Gasteiger partial charge in [-0.25, -0.2) is 4.98 Å². The Morgan fingerprint density at radius 1 is 1.47 bits per heavy atom. The van der Waals surface area contributed by atoms with Gasteiger partial charge >= 0.3 is 0 Å². The topological polar surface area (TPSA) is 61.3 Å². The van der Waals surface area contributed by atoms with Crippen LogP contribution >= 0.6 is 0 Å². The van der Waals surface area contributed by atoms with Gasteiger partial charge in [-0.1, -0.05) is 0 Å². The fourth-order valence-electron chi connectivity index (χ4n) is 2.15. The molecule has 17 heavy (non-hydrogen) atoms. The van der Waals surface area contributed by atoms with Crippen molar-refractivity contribution in [2.45, 2.75) is 25.4 Å². The van der Waals surface area contributed by atoms with Crippen LogP contribution in [-0.4, -0.2) is 41.8 Å². The van der Waals surface area contributed by atoms with Crippen molar-refractivity contribution in [3.8, 4) is 0 Å². The summed E-state index contributed by atoms with van der Waals surface area (Å²) in [5.74, 6) is 2.12. The van der Waals surface area contributed by atoms with Crippen LogP contribution in [-0.2, 0) is 0 Å². The highest BCUT2D eigenvalue weighted by atomic mass is 16.3. The van der Waals surface area contributed by atoms with Crippen molar-refractivity contribution in [2.75, 3.05) is 30.9 Å². The summed E-state index contributed by atoms with van der Waals surface area (Å²) in [6.45, 7) is 0.876. The molecular weight excluding hydrogens is 216 g/mol. The van der Waals surface area contributed by atoms with Crippen molar-refractivity contribution >= 4 is 11.8 Å². The van der Waals surface area contributed by atoms with Crippen molar-refractivity contribution in [3.63, 3.8) is 0 Å². The van der Waals surface area contributed by atoms with Crippen LogP contribution in [0, 0.1) is 5.92 Å². The summed E-state index contributed by atoms with van der Waals surface area (Å²) in [7, 11) is 3.85. The second-order valence-electron chi connectivity index (χ2n) is 4.85. The smallest absolute Gasteiger partial charge is 0.226 e. The van der Waals surface area contributed by atoms with Gasteiger partial charge in [0, 0.05) is 26.8 Å². The highest BCUT2D eigenvalue weighted by Crippen LogP contribution is 2.25. The molecule has 2 unspecified atom stereocenters. The maximum Gasteiger partial charge on any atom is 0.226 e. The van der Waals surface area contributed by atoms with E-state index in [9.17, 15) is 5.11 Å². The SMILES string of the molecule is CN(C)c1nccc(NCC2CCC(O)C2)n1. The van der Waals surface area contributed by atoms with E-state index in [2.05, 4.69) is 15.3 Å². The van der Waals surface area contributed by atoms with Gasteiger partial charge in [0.15, 0.2) is 0 Å². The van der Waals surface area contributed by atoms with Crippen LogP contribution in [0.5, 0.6) is 0 Å².